The highest BCUT2D eigenvalue weighted by Crippen LogP contribution is 2.42. The molecule has 0 saturated heterocycles. The first-order valence-corrected chi connectivity index (χ1v) is 8.62. The fraction of sp³-hybridized carbons (Fsp3) is 0.688. The molecule has 1 aliphatic carbocycles. The molecule has 2 atom stereocenters. The van der Waals surface area contributed by atoms with E-state index in [-0.39, 0.29) is 5.97 Å². The first-order valence-electron chi connectivity index (χ1n) is 7.74. The third-order valence-corrected chi connectivity index (χ3v) is 5.37. The predicted molar refractivity (Wildman–Crippen MR) is 84.6 cm³/mol. The van der Waals surface area contributed by atoms with Crippen molar-refractivity contribution in [2.24, 2.45) is 0 Å². The normalized spacial score (nSPS) is 25.2. The molecule has 1 N–H and O–H groups in total. The zero-order valence-electron chi connectivity index (χ0n) is 13.1. The van der Waals surface area contributed by atoms with E-state index in [9.17, 15) is 4.79 Å². The molecule has 21 heavy (non-hydrogen) atoms. The van der Waals surface area contributed by atoms with Crippen molar-refractivity contribution < 1.29 is 13.9 Å². The van der Waals surface area contributed by atoms with Gasteiger partial charge in [-0.2, -0.15) is 0 Å². The average Bonchev–Trinajstić information content (AvgIpc) is 3.06. The van der Waals surface area contributed by atoms with Crippen LogP contribution in [0.1, 0.15) is 45.3 Å². The van der Waals surface area contributed by atoms with Gasteiger partial charge in [0, 0.05) is 10.1 Å². The lowest BCUT2D eigenvalue weighted by atomic mass is 9.97. The van der Waals surface area contributed by atoms with Gasteiger partial charge in [0.15, 0.2) is 0 Å². The van der Waals surface area contributed by atoms with Crippen LogP contribution >= 0.6 is 11.8 Å². The number of carbonyl (C=O) groups excluding carboxylic acids is 1. The number of carbonyl (C=O) groups is 1. The van der Waals surface area contributed by atoms with Gasteiger partial charge in [0.25, 0.3) is 0 Å². The second-order valence-corrected chi connectivity index (χ2v) is 6.90. The summed E-state index contributed by atoms with van der Waals surface area (Å²) in [6.07, 6.45) is 5.42. The fourth-order valence-electron chi connectivity index (χ4n) is 2.83. The summed E-state index contributed by atoms with van der Waals surface area (Å²) < 4.78 is 10.7. The molecule has 118 valence electrons. The van der Waals surface area contributed by atoms with Gasteiger partial charge in [-0.15, -0.1) is 11.8 Å². The Morgan fingerprint density at radius 3 is 3.00 bits per heavy atom. The summed E-state index contributed by atoms with van der Waals surface area (Å²) in [5.74, 6) is 0.862. The van der Waals surface area contributed by atoms with Gasteiger partial charge in [0.1, 0.15) is 11.3 Å². The molecule has 1 aromatic heterocycles. The van der Waals surface area contributed by atoms with Crippen molar-refractivity contribution in [3.8, 4) is 0 Å². The Hall–Kier alpha value is -0.940. The molecular weight excluding hydrogens is 286 g/mol. The highest BCUT2D eigenvalue weighted by molar-refractivity contribution is 8.00. The molecule has 4 nitrogen and oxygen atoms in total. The molecule has 0 bridgehead atoms. The van der Waals surface area contributed by atoms with E-state index in [1.165, 1.54) is 4.90 Å². The Balaban J connectivity index is 2.03. The first kappa shape index (κ1) is 16.4. The van der Waals surface area contributed by atoms with Gasteiger partial charge in [0.2, 0.25) is 0 Å². The molecule has 1 aliphatic rings. The van der Waals surface area contributed by atoms with E-state index in [1.807, 2.05) is 31.7 Å². The molecule has 2 unspecified atom stereocenters. The summed E-state index contributed by atoms with van der Waals surface area (Å²) in [5.41, 5.74) is -0.499. The van der Waals surface area contributed by atoms with Gasteiger partial charge in [-0.05, 0) is 52.1 Å². The largest absolute Gasteiger partial charge is 0.468 e. The molecule has 1 saturated carbocycles. The zero-order valence-corrected chi connectivity index (χ0v) is 13.9. The predicted octanol–water partition coefficient (Wildman–Crippen LogP) is 3.53. The lowest BCUT2D eigenvalue weighted by Gasteiger charge is -2.28. The average molecular weight is 311 g/mol. The van der Waals surface area contributed by atoms with Crippen molar-refractivity contribution in [2.75, 3.05) is 13.2 Å². The number of furan rings is 1. The maximum absolute atomic E-state index is 12.4. The Morgan fingerprint density at radius 1 is 1.57 bits per heavy atom. The summed E-state index contributed by atoms with van der Waals surface area (Å²) in [7, 11) is 0. The number of esters is 1. The molecule has 0 amide bonds. The van der Waals surface area contributed by atoms with Crippen LogP contribution in [0.15, 0.2) is 21.6 Å². The highest BCUT2D eigenvalue weighted by atomic mass is 32.2. The second-order valence-electron chi connectivity index (χ2n) is 5.55. The summed E-state index contributed by atoms with van der Waals surface area (Å²) in [5, 5.41) is 3.87. The summed E-state index contributed by atoms with van der Waals surface area (Å²) >= 11 is 1.81. The van der Waals surface area contributed by atoms with Crippen LogP contribution in [0.4, 0.5) is 0 Å². The maximum atomic E-state index is 12.4. The van der Waals surface area contributed by atoms with Gasteiger partial charge in [-0.1, -0.05) is 6.92 Å². The monoisotopic (exact) mass is 311 g/mol. The summed E-state index contributed by atoms with van der Waals surface area (Å²) in [4.78, 5) is 13.6. The Morgan fingerprint density at radius 2 is 2.38 bits per heavy atom. The minimum Gasteiger partial charge on any atom is -0.468 e. The van der Waals surface area contributed by atoms with Crippen molar-refractivity contribution in [1.29, 1.82) is 0 Å². The van der Waals surface area contributed by atoms with E-state index >= 15 is 0 Å². The van der Waals surface area contributed by atoms with Gasteiger partial charge in [-0.25, -0.2) is 0 Å². The zero-order chi connectivity index (χ0) is 15.3. The van der Waals surface area contributed by atoms with Crippen LogP contribution < -0.4 is 5.32 Å². The third kappa shape index (κ3) is 3.83. The van der Waals surface area contributed by atoms with Crippen LogP contribution in [0.3, 0.4) is 0 Å². The molecule has 0 aromatic carbocycles. The van der Waals surface area contributed by atoms with Crippen molar-refractivity contribution in [3.05, 3.63) is 18.1 Å². The van der Waals surface area contributed by atoms with Gasteiger partial charge < -0.3 is 14.5 Å². The molecule has 5 heteroatoms. The van der Waals surface area contributed by atoms with E-state index in [4.69, 9.17) is 9.15 Å². The molecule has 0 radical (unpaired) electrons. The summed E-state index contributed by atoms with van der Waals surface area (Å²) in [6.45, 7) is 7.24. The number of hydrogen-bond donors (Lipinski definition) is 1. The fourth-order valence-corrected chi connectivity index (χ4v) is 4.14. The van der Waals surface area contributed by atoms with E-state index in [2.05, 4.69) is 12.2 Å². The Labute approximate surface area is 131 Å². The van der Waals surface area contributed by atoms with Gasteiger partial charge in [-0.3, -0.25) is 4.79 Å². The molecule has 1 fully saturated rings. The standard InChI is InChI=1S/C16H25NO3S/c1-4-9-17-16(15(18)19-5-2)8-6-13(11-16)21-14-7-10-20-12(14)3/h7,10,13,17H,4-6,8-9,11H2,1-3H3. The van der Waals surface area contributed by atoms with Crippen LogP contribution in [-0.4, -0.2) is 29.9 Å². The Bertz CT molecular complexity index is 474. The number of ether oxygens (including phenoxy) is 1. The van der Waals surface area contributed by atoms with E-state index in [1.54, 1.807) is 6.26 Å². The smallest absolute Gasteiger partial charge is 0.326 e. The minimum atomic E-state index is -0.499. The van der Waals surface area contributed by atoms with Crippen molar-refractivity contribution >= 4 is 17.7 Å². The topological polar surface area (TPSA) is 51.5 Å². The van der Waals surface area contributed by atoms with Crippen molar-refractivity contribution in [3.63, 3.8) is 0 Å². The Kier molecular flexibility index (Phi) is 5.76. The third-order valence-electron chi connectivity index (χ3n) is 3.95. The number of hydrogen-bond acceptors (Lipinski definition) is 5. The van der Waals surface area contributed by atoms with Crippen molar-refractivity contribution in [1.82, 2.24) is 5.32 Å². The van der Waals surface area contributed by atoms with Crippen LogP contribution in [0.2, 0.25) is 0 Å². The number of nitrogens with one attached hydrogen (secondary N) is 1. The molecule has 1 aromatic rings. The van der Waals surface area contributed by atoms with Crippen LogP contribution in [-0.2, 0) is 9.53 Å². The molecule has 1 heterocycles. The minimum absolute atomic E-state index is 0.0922. The first-order chi connectivity index (χ1) is 10.1. The molecular formula is C16H25NO3S. The molecule has 0 spiro atoms. The lowest BCUT2D eigenvalue weighted by molar-refractivity contribution is -0.151. The van der Waals surface area contributed by atoms with Gasteiger partial charge >= 0.3 is 5.97 Å². The molecule has 0 aliphatic heterocycles. The number of rotatable bonds is 7. The van der Waals surface area contributed by atoms with E-state index < -0.39 is 5.54 Å². The molecule has 2 rings (SSSR count). The number of aryl methyl sites for hydroxylation is 1. The number of thioether (sulfide) groups is 1. The van der Waals surface area contributed by atoms with E-state index in [0.717, 1.165) is 38.0 Å². The quantitative estimate of drug-likeness (QED) is 0.781. The van der Waals surface area contributed by atoms with Gasteiger partial charge in [0.05, 0.1) is 12.9 Å². The lowest BCUT2D eigenvalue weighted by Crippen LogP contribution is -2.51. The second kappa shape index (κ2) is 7.36. The van der Waals surface area contributed by atoms with Crippen LogP contribution in [0, 0.1) is 6.92 Å². The summed E-state index contributed by atoms with van der Waals surface area (Å²) in [6, 6.07) is 2.00. The van der Waals surface area contributed by atoms with Crippen molar-refractivity contribution in [2.45, 2.75) is 62.1 Å². The van der Waals surface area contributed by atoms with Crippen LogP contribution in [0.5, 0.6) is 0 Å². The SMILES string of the molecule is CCCNC1(C(=O)OCC)CCC(Sc2ccoc2C)C1. The van der Waals surface area contributed by atoms with Crippen LogP contribution in [0.25, 0.3) is 0 Å². The maximum Gasteiger partial charge on any atom is 0.326 e. The highest BCUT2D eigenvalue weighted by Gasteiger charge is 2.46. The van der Waals surface area contributed by atoms with E-state index in [0.29, 0.717) is 11.9 Å².